The third-order valence-corrected chi connectivity index (χ3v) is 7.00. The van der Waals surface area contributed by atoms with Gasteiger partial charge in [0.15, 0.2) is 5.82 Å². The molecular weight excluding hydrogens is 336 g/mol. The second-order valence-electron chi connectivity index (χ2n) is 5.66. The first-order valence-electron chi connectivity index (χ1n) is 7.42. The van der Waals surface area contributed by atoms with Crippen LogP contribution in [0.1, 0.15) is 41.0 Å². The Bertz CT molecular complexity index is 791. The number of sulfonamides is 1. The molecule has 0 fully saturated rings. The minimum atomic E-state index is -3.55. The maximum Gasteiger partial charge on any atom is 0.250 e. The number of aromatic nitrogens is 3. The SMILES string of the molecule is COCc1nc2n(n1)CCCC2NS(=O)(=O)c1cc(C)c(C)s1. The van der Waals surface area contributed by atoms with E-state index in [0.717, 1.165) is 23.4 Å². The van der Waals surface area contributed by atoms with Crippen LogP contribution in [-0.4, -0.2) is 30.3 Å². The molecule has 0 amide bonds. The van der Waals surface area contributed by atoms with Crippen molar-refractivity contribution >= 4 is 21.4 Å². The maximum absolute atomic E-state index is 12.6. The van der Waals surface area contributed by atoms with Crippen molar-refractivity contribution in [3.63, 3.8) is 0 Å². The number of rotatable bonds is 5. The summed E-state index contributed by atoms with van der Waals surface area (Å²) in [6, 6.07) is 1.36. The summed E-state index contributed by atoms with van der Waals surface area (Å²) in [5, 5.41) is 4.36. The number of nitrogens with zero attached hydrogens (tertiary/aromatic N) is 3. The van der Waals surface area contributed by atoms with Crippen molar-refractivity contribution in [1.82, 2.24) is 19.5 Å². The third-order valence-electron chi connectivity index (χ3n) is 3.90. The fourth-order valence-corrected chi connectivity index (χ4v) is 5.38. The molecule has 126 valence electrons. The van der Waals surface area contributed by atoms with Gasteiger partial charge in [0.1, 0.15) is 16.6 Å². The van der Waals surface area contributed by atoms with Crippen molar-refractivity contribution in [1.29, 1.82) is 0 Å². The molecule has 0 radical (unpaired) electrons. The van der Waals surface area contributed by atoms with Crippen LogP contribution < -0.4 is 4.72 Å². The minimum Gasteiger partial charge on any atom is -0.377 e. The van der Waals surface area contributed by atoms with E-state index in [1.165, 1.54) is 11.3 Å². The average molecular weight is 356 g/mol. The molecular formula is C14H20N4O3S2. The van der Waals surface area contributed by atoms with Gasteiger partial charge in [-0.1, -0.05) is 0 Å². The minimum absolute atomic E-state index is 0.322. The van der Waals surface area contributed by atoms with Gasteiger partial charge in [-0.3, -0.25) is 0 Å². The van der Waals surface area contributed by atoms with Crippen LogP contribution in [0.15, 0.2) is 10.3 Å². The van der Waals surface area contributed by atoms with Crippen molar-refractivity contribution in [2.75, 3.05) is 7.11 Å². The Kier molecular flexibility index (Phi) is 4.54. The molecule has 0 saturated heterocycles. The van der Waals surface area contributed by atoms with Crippen molar-refractivity contribution in [2.45, 2.75) is 50.1 Å². The molecule has 1 N–H and O–H groups in total. The predicted octanol–water partition coefficient (Wildman–Crippen LogP) is 1.92. The summed E-state index contributed by atoms with van der Waals surface area (Å²) in [4.78, 5) is 5.44. The fraction of sp³-hybridized carbons (Fsp3) is 0.571. The van der Waals surface area contributed by atoms with E-state index in [2.05, 4.69) is 14.8 Å². The lowest BCUT2D eigenvalue weighted by Crippen LogP contribution is -2.33. The van der Waals surface area contributed by atoms with E-state index >= 15 is 0 Å². The first kappa shape index (κ1) is 16.6. The van der Waals surface area contributed by atoms with Crippen LogP contribution in [0, 0.1) is 13.8 Å². The van der Waals surface area contributed by atoms with Crippen LogP contribution in [-0.2, 0) is 27.9 Å². The van der Waals surface area contributed by atoms with Gasteiger partial charge in [0, 0.05) is 18.5 Å². The van der Waals surface area contributed by atoms with E-state index < -0.39 is 10.0 Å². The smallest absolute Gasteiger partial charge is 0.250 e. The van der Waals surface area contributed by atoms with Gasteiger partial charge in [-0.25, -0.2) is 18.1 Å². The summed E-state index contributed by atoms with van der Waals surface area (Å²) < 4.78 is 35.2. The third kappa shape index (κ3) is 3.32. The predicted molar refractivity (Wildman–Crippen MR) is 86.8 cm³/mol. The van der Waals surface area contributed by atoms with E-state index in [1.54, 1.807) is 17.9 Å². The molecule has 1 aliphatic rings. The Morgan fingerprint density at radius 3 is 2.91 bits per heavy atom. The first-order chi connectivity index (χ1) is 10.9. The van der Waals surface area contributed by atoms with Gasteiger partial charge >= 0.3 is 0 Å². The van der Waals surface area contributed by atoms with E-state index in [4.69, 9.17) is 4.74 Å². The van der Waals surface area contributed by atoms with E-state index in [1.807, 2.05) is 13.8 Å². The number of fused-ring (bicyclic) bond motifs is 1. The summed E-state index contributed by atoms with van der Waals surface area (Å²) in [5.41, 5.74) is 0.990. The zero-order chi connectivity index (χ0) is 16.6. The lowest BCUT2D eigenvalue weighted by molar-refractivity contribution is 0.177. The molecule has 9 heteroatoms. The highest BCUT2D eigenvalue weighted by molar-refractivity contribution is 7.91. The molecule has 1 atom stereocenters. The van der Waals surface area contributed by atoms with Gasteiger partial charge in [0.05, 0.1) is 6.04 Å². The number of hydrogen-bond donors (Lipinski definition) is 1. The molecule has 2 aromatic heterocycles. The van der Waals surface area contributed by atoms with Crippen LogP contribution in [0.4, 0.5) is 0 Å². The average Bonchev–Trinajstić information content (AvgIpc) is 3.04. The molecule has 23 heavy (non-hydrogen) atoms. The molecule has 1 unspecified atom stereocenters. The Morgan fingerprint density at radius 2 is 2.26 bits per heavy atom. The summed E-state index contributed by atoms with van der Waals surface area (Å²) in [5.74, 6) is 1.24. The number of ether oxygens (including phenoxy) is 1. The summed E-state index contributed by atoms with van der Waals surface area (Å²) in [6.07, 6.45) is 1.58. The number of nitrogens with one attached hydrogen (secondary N) is 1. The Labute approximate surface area is 139 Å². The van der Waals surface area contributed by atoms with Crippen molar-refractivity contribution < 1.29 is 13.2 Å². The molecule has 3 rings (SSSR count). The van der Waals surface area contributed by atoms with Crippen molar-refractivity contribution in [3.05, 3.63) is 28.2 Å². The molecule has 3 heterocycles. The van der Waals surface area contributed by atoms with Gasteiger partial charge in [-0.15, -0.1) is 11.3 Å². The van der Waals surface area contributed by atoms with Gasteiger partial charge in [-0.2, -0.15) is 9.82 Å². The van der Waals surface area contributed by atoms with E-state index in [9.17, 15) is 8.42 Å². The molecule has 2 aromatic rings. The fourth-order valence-electron chi connectivity index (χ4n) is 2.62. The second kappa shape index (κ2) is 6.31. The lowest BCUT2D eigenvalue weighted by atomic mass is 10.1. The van der Waals surface area contributed by atoms with Crippen molar-refractivity contribution in [2.24, 2.45) is 0 Å². The normalized spacial score (nSPS) is 18.1. The molecule has 0 saturated carbocycles. The van der Waals surface area contributed by atoms with Gasteiger partial charge in [-0.05, 0) is 38.3 Å². The van der Waals surface area contributed by atoms with E-state index in [-0.39, 0.29) is 6.04 Å². The number of aryl methyl sites for hydroxylation is 3. The topological polar surface area (TPSA) is 86.1 Å². The first-order valence-corrected chi connectivity index (χ1v) is 9.72. The van der Waals surface area contributed by atoms with Gasteiger partial charge in [0.25, 0.3) is 10.0 Å². The van der Waals surface area contributed by atoms with Crippen LogP contribution >= 0.6 is 11.3 Å². The molecule has 0 aliphatic carbocycles. The second-order valence-corrected chi connectivity index (χ2v) is 8.86. The molecule has 0 bridgehead atoms. The zero-order valence-corrected chi connectivity index (χ0v) is 15.0. The molecule has 7 nitrogen and oxygen atoms in total. The summed E-state index contributed by atoms with van der Waals surface area (Å²) >= 11 is 1.29. The standard InChI is InChI=1S/C14H20N4O3S2/c1-9-7-13(22-10(9)2)23(19,20)17-11-5-4-6-18-14(11)15-12(16-18)8-21-3/h7,11,17H,4-6,8H2,1-3H3. The summed E-state index contributed by atoms with van der Waals surface area (Å²) in [7, 11) is -1.97. The highest BCUT2D eigenvalue weighted by Gasteiger charge is 2.29. The van der Waals surface area contributed by atoms with Crippen LogP contribution in [0.2, 0.25) is 0 Å². The number of thiophene rings is 1. The van der Waals surface area contributed by atoms with Gasteiger partial charge in [0.2, 0.25) is 0 Å². The molecule has 0 spiro atoms. The Morgan fingerprint density at radius 1 is 1.48 bits per heavy atom. The van der Waals surface area contributed by atoms with Crippen molar-refractivity contribution in [3.8, 4) is 0 Å². The largest absolute Gasteiger partial charge is 0.377 e. The molecule has 0 aromatic carbocycles. The van der Waals surface area contributed by atoms with Gasteiger partial charge < -0.3 is 4.74 Å². The number of hydrogen-bond acceptors (Lipinski definition) is 6. The summed E-state index contributed by atoms with van der Waals surface area (Å²) in [6.45, 7) is 4.91. The highest BCUT2D eigenvalue weighted by atomic mass is 32.2. The van der Waals surface area contributed by atoms with E-state index in [0.29, 0.717) is 28.9 Å². The highest BCUT2D eigenvalue weighted by Crippen LogP contribution is 2.29. The van der Waals surface area contributed by atoms with Crippen LogP contribution in [0.3, 0.4) is 0 Å². The maximum atomic E-state index is 12.6. The zero-order valence-electron chi connectivity index (χ0n) is 13.4. The lowest BCUT2D eigenvalue weighted by Gasteiger charge is -2.22. The number of methoxy groups -OCH3 is 1. The van der Waals surface area contributed by atoms with Crippen LogP contribution in [0.25, 0.3) is 0 Å². The quantitative estimate of drug-likeness (QED) is 0.884. The molecule has 1 aliphatic heterocycles. The van der Waals surface area contributed by atoms with Crippen LogP contribution in [0.5, 0.6) is 0 Å². The Balaban J connectivity index is 1.86. The Hall–Kier alpha value is -1.29. The monoisotopic (exact) mass is 356 g/mol.